The summed E-state index contributed by atoms with van der Waals surface area (Å²) in [6, 6.07) is 11.2. The second-order valence-electron chi connectivity index (χ2n) is 8.80. The molecule has 3 saturated heterocycles. The molecule has 0 bridgehead atoms. The highest BCUT2D eigenvalue weighted by molar-refractivity contribution is 5.79. The van der Waals surface area contributed by atoms with Crippen molar-refractivity contribution in [2.45, 2.75) is 57.7 Å². The zero-order chi connectivity index (χ0) is 19.5. The first-order valence-electron chi connectivity index (χ1n) is 11.0. The Morgan fingerprint density at radius 1 is 1.07 bits per heavy atom. The first kappa shape index (κ1) is 19.7. The van der Waals surface area contributed by atoms with Gasteiger partial charge in [-0.25, -0.2) is 0 Å². The third-order valence-electron chi connectivity index (χ3n) is 6.75. The van der Waals surface area contributed by atoms with E-state index in [0.29, 0.717) is 23.9 Å². The number of hydrogen-bond acceptors (Lipinski definition) is 4. The van der Waals surface area contributed by atoms with Crippen molar-refractivity contribution in [3.05, 3.63) is 30.3 Å². The van der Waals surface area contributed by atoms with Gasteiger partial charge < -0.3 is 14.4 Å². The largest absolute Gasteiger partial charge is 0.487 e. The van der Waals surface area contributed by atoms with E-state index in [1.54, 1.807) is 0 Å². The van der Waals surface area contributed by atoms with Gasteiger partial charge in [0.2, 0.25) is 5.91 Å². The molecule has 2 atom stereocenters. The van der Waals surface area contributed by atoms with Gasteiger partial charge in [0, 0.05) is 44.8 Å². The molecule has 3 fully saturated rings. The minimum absolute atomic E-state index is 0.176. The van der Waals surface area contributed by atoms with Crippen LogP contribution in [0.25, 0.3) is 0 Å². The van der Waals surface area contributed by atoms with Crippen molar-refractivity contribution in [3.8, 4) is 5.75 Å². The van der Waals surface area contributed by atoms with Crippen molar-refractivity contribution in [2.24, 2.45) is 11.8 Å². The van der Waals surface area contributed by atoms with Gasteiger partial charge in [-0.3, -0.25) is 9.69 Å². The molecular formula is C23H34N2O3. The third kappa shape index (κ3) is 4.20. The molecule has 0 saturated carbocycles. The average molecular weight is 387 g/mol. The summed E-state index contributed by atoms with van der Waals surface area (Å²) in [4.78, 5) is 17.5. The molecule has 154 valence electrons. The second kappa shape index (κ2) is 8.83. The van der Waals surface area contributed by atoms with Crippen molar-refractivity contribution in [3.63, 3.8) is 0 Å². The fraction of sp³-hybridized carbons (Fsp3) is 0.696. The van der Waals surface area contributed by atoms with Crippen LogP contribution < -0.4 is 4.74 Å². The summed E-state index contributed by atoms with van der Waals surface area (Å²) in [6.45, 7) is 8.79. The zero-order valence-corrected chi connectivity index (χ0v) is 17.3. The number of rotatable bonds is 5. The fourth-order valence-corrected chi connectivity index (χ4v) is 5.09. The van der Waals surface area contributed by atoms with Crippen LogP contribution in [-0.2, 0) is 9.53 Å². The Bertz CT molecular complexity index is 637. The number of amides is 1. The topological polar surface area (TPSA) is 42.0 Å². The number of carbonyl (C=O) groups excluding carboxylic acids is 1. The number of likely N-dealkylation sites (tertiary alicyclic amines) is 2. The van der Waals surface area contributed by atoms with Crippen LogP contribution in [0.1, 0.15) is 39.5 Å². The highest BCUT2D eigenvalue weighted by Gasteiger charge is 2.47. The van der Waals surface area contributed by atoms with E-state index in [1.165, 1.54) is 0 Å². The Balaban J connectivity index is 1.35. The van der Waals surface area contributed by atoms with E-state index in [-0.39, 0.29) is 12.0 Å². The van der Waals surface area contributed by atoms with Gasteiger partial charge in [0.25, 0.3) is 0 Å². The summed E-state index contributed by atoms with van der Waals surface area (Å²) >= 11 is 0. The molecule has 0 aromatic heterocycles. The van der Waals surface area contributed by atoms with Crippen molar-refractivity contribution < 1.29 is 14.3 Å². The molecule has 0 N–H and O–H groups in total. The van der Waals surface area contributed by atoms with Gasteiger partial charge in [-0.05, 0) is 57.6 Å². The maximum absolute atomic E-state index is 12.8. The number of nitrogens with zero attached hydrogens (tertiary/aromatic N) is 2. The molecule has 3 aliphatic rings. The molecule has 4 rings (SSSR count). The molecule has 5 heteroatoms. The van der Waals surface area contributed by atoms with Gasteiger partial charge >= 0.3 is 0 Å². The van der Waals surface area contributed by atoms with Crippen LogP contribution >= 0.6 is 0 Å². The van der Waals surface area contributed by atoms with E-state index in [9.17, 15) is 4.79 Å². The number of piperidine rings is 1. The van der Waals surface area contributed by atoms with Crippen LogP contribution in [0.15, 0.2) is 30.3 Å². The first-order chi connectivity index (χ1) is 13.6. The van der Waals surface area contributed by atoms with Crippen LogP contribution in [0, 0.1) is 11.8 Å². The Hall–Kier alpha value is -1.59. The zero-order valence-electron chi connectivity index (χ0n) is 17.3. The van der Waals surface area contributed by atoms with Crippen molar-refractivity contribution in [2.75, 3.05) is 32.8 Å². The minimum atomic E-state index is 0.176. The molecule has 1 amide bonds. The van der Waals surface area contributed by atoms with Crippen LogP contribution in [-0.4, -0.2) is 66.7 Å². The van der Waals surface area contributed by atoms with Gasteiger partial charge in [0.15, 0.2) is 0 Å². The Labute approximate surface area is 169 Å². The lowest BCUT2D eigenvalue weighted by molar-refractivity contribution is -0.142. The summed E-state index contributed by atoms with van der Waals surface area (Å²) in [5.41, 5.74) is 0. The first-order valence-corrected chi connectivity index (χ1v) is 11.0. The van der Waals surface area contributed by atoms with Crippen molar-refractivity contribution in [1.29, 1.82) is 0 Å². The second-order valence-corrected chi connectivity index (χ2v) is 8.80. The Morgan fingerprint density at radius 3 is 2.39 bits per heavy atom. The van der Waals surface area contributed by atoms with Crippen LogP contribution in [0.5, 0.6) is 5.75 Å². The molecule has 0 unspecified atom stereocenters. The molecule has 5 nitrogen and oxygen atoms in total. The minimum Gasteiger partial charge on any atom is -0.487 e. The lowest BCUT2D eigenvalue weighted by Crippen LogP contribution is -2.68. The smallest absolute Gasteiger partial charge is 0.225 e. The number of para-hydroxylation sites is 1. The van der Waals surface area contributed by atoms with Crippen LogP contribution in [0.3, 0.4) is 0 Å². The Morgan fingerprint density at radius 2 is 1.75 bits per heavy atom. The standard InChI is InChI=1S/C23H34N2O3/c1-17(2)25-16-21(28-20-6-4-3-5-7-20)22(25)18-8-12-24(13-9-18)23(26)19-10-14-27-15-11-19/h3-7,17-19,21-22H,8-16H2,1-2H3/t21-,22-/m0/s1. The third-order valence-corrected chi connectivity index (χ3v) is 6.75. The quantitative estimate of drug-likeness (QED) is 0.779. The summed E-state index contributed by atoms with van der Waals surface area (Å²) in [5.74, 6) is 2.10. The summed E-state index contributed by atoms with van der Waals surface area (Å²) in [5, 5.41) is 0. The van der Waals surface area contributed by atoms with E-state index in [0.717, 1.165) is 64.3 Å². The predicted octanol–water partition coefficient (Wildman–Crippen LogP) is 3.19. The summed E-state index contributed by atoms with van der Waals surface area (Å²) < 4.78 is 11.7. The average Bonchev–Trinajstić information content (AvgIpc) is 2.72. The van der Waals surface area contributed by atoms with E-state index < -0.39 is 0 Å². The van der Waals surface area contributed by atoms with E-state index >= 15 is 0 Å². The molecule has 3 heterocycles. The van der Waals surface area contributed by atoms with Gasteiger partial charge in [-0.2, -0.15) is 0 Å². The lowest BCUT2D eigenvalue weighted by atomic mass is 9.79. The highest BCUT2D eigenvalue weighted by atomic mass is 16.5. The predicted molar refractivity (Wildman–Crippen MR) is 109 cm³/mol. The molecule has 1 aromatic rings. The molecular weight excluding hydrogens is 352 g/mol. The maximum Gasteiger partial charge on any atom is 0.225 e. The molecule has 28 heavy (non-hydrogen) atoms. The SMILES string of the molecule is CC(C)N1C[C@H](Oc2ccccc2)[C@@H]1C1CCN(C(=O)C2CCOCC2)CC1. The van der Waals surface area contributed by atoms with E-state index in [2.05, 4.69) is 23.6 Å². The molecule has 0 aliphatic carbocycles. The van der Waals surface area contributed by atoms with E-state index in [4.69, 9.17) is 9.47 Å². The molecule has 0 radical (unpaired) electrons. The van der Waals surface area contributed by atoms with Gasteiger partial charge in [0.1, 0.15) is 11.9 Å². The lowest BCUT2D eigenvalue weighted by Gasteiger charge is -2.54. The monoisotopic (exact) mass is 386 g/mol. The number of hydrogen-bond donors (Lipinski definition) is 0. The fourth-order valence-electron chi connectivity index (χ4n) is 5.09. The highest BCUT2D eigenvalue weighted by Crippen LogP contribution is 2.36. The summed E-state index contributed by atoms with van der Waals surface area (Å²) in [7, 11) is 0. The van der Waals surface area contributed by atoms with Crippen molar-refractivity contribution in [1.82, 2.24) is 9.80 Å². The van der Waals surface area contributed by atoms with Crippen LogP contribution in [0.2, 0.25) is 0 Å². The maximum atomic E-state index is 12.8. The van der Waals surface area contributed by atoms with Crippen molar-refractivity contribution >= 4 is 5.91 Å². The van der Waals surface area contributed by atoms with Crippen LogP contribution in [0.4, 0.5) is 0 Å². The normalized spacial score (nSPS) is 27.6. The Kier molecular flexibility index (Phi) is 6.22. The number of ether oxygens (including phenoxy) is 2. The number of benzene rings is 1. The van der Waals surface area contributed by atoms with E-state index in [1.807, 2.05) is 30.3 Å². The molecule has 1 aromatic carbocycles. The van der Waals surface area contributed by atoms with Gasteiger partial charge in [-0.15, -0.1) is 0 Å². The van der Waals surface area contributed by atoms with Gasteiger partial charge in [0.05, 0.1) is 6.04 Å². The molecule has 0 spiro atoms. The number of carbonyl (C=O) groups is 1. The van der Waals surface area contributed by atoms with Gasteiger partial charge in [-0.1, -0.05) is 18.2 Å². The summed E-state index contributed by atoms with van der Waals surface area (Å²) in [6.07, 6.45) is 4.19. The molecule has 3 aliphatic heterocycles.